The average molecular weight is 192 g/mol. The summed E-state index contributed by atoms with van der Waals surface area (Å²) in [4.78, 5) is 20.8. The van der Waals surface area contributed by atoms with E-state index in [0.717, 1.165) is 0 Å². The lowest BCUT2D eigenvalue weighted by Crippen LogP contribution is -2.28. The SMILES string of the molecule is C=C(Cl)CCC(=O)NCC(=O)O. The van der Waals surface area contributed by atoms with Crippen molar-refractivity contribution >= 4 is 23.5 Å². The number of carbonyl (C=O) groups is 2. The number of aliphatic carboxylic acids is 1. The zero-order valence-corrected chi connectivity index (χ0v) is 7.23. The van der Waals surface area contributed by atoms with Gasteiger partial charge in [0, 0.05) is 11.5 Å². The molecule has 4 nitrogen and oxygen atoms in total. The van der Waals surface area contributed by atoms with E-state index in [1.54, 1.807) is 0 Å². The molecule has 5 heteroatoms. The van der Waals surface area contributed by atoms with Gasteiger partial charge in [0.15, 0.2) is 0 Å². The molecule has 0 bridgehead atoms. The van der Waals surface area contributed by atoms with Crippen molar-refractivity contribution in [2.24, 2.45) is 0 Å². The highest BCUT2D eigenvalue weighted by atomic mass is 35.5. The maximum absolute atomic E-state index is 10.8. The number of carboxylic acid groups (broad SMARTS) is 1. The average Bonchev–Trinajstić information content (AvgIpc) is 1.96. The minimum absolute atomic E-state index is 0.176. The molecule has 0 aromatic carbocycles. The number of hydrogen-bond acceptors (Lipinski definition) is 2. The predicted octanol–water partition coefficient (Wildman–Crippen LogP) is 0.720. The van der Waals surface area contributed by atoms with Gasteiger partial charge < -0.3 is 10.4 Å². The van der Waals surface area contributed by atoms with Crippen LogP contribution in [0.2, 0.25) is 0 Å². The molecule has 0 aliphatic heterocycles. The molecule has 0 atom stereocenters. The predicted molar refractivity (Wildman–Crippen MR) is 44.9 cm³/mol. The first-order valence-electron chi connectivity index (χ1n) is 3.34. The Morgan fingerprint density at radius 3 is 2.42 bits per heavy atom. The van der Waals surface area contributed by atoms with E-state index in [1.807, 2.05) is 0 Å². The second-order valence-electron chi connectivity index (χ2n) is 2.19. The van der Waals surface area contributed by atoms with E-state index in [-0.39, 0.29) is 18.9 Å². The fourth-order valence-corrected chi connectivity index (χ4v) is 0.606. The van der Waals surface area contributed by atoms with Crippen molar-refractivity contribution in [1.82, 2.24) is 5.32 Å². The smallest absolute Gasteiger partial charge is 0.322 e. The van der Waals surface area contributed by atoms with Gasteiger partial charge in [0.1, 0.15) is 6.54 Å². The van der Waals surface area contributed by atoms with E-state index < -0.39 is 5.97 Å². The first-order chi connectivity index (χ1) is 5.52. The maximum Gasteiger partial charge on any atom is 0.322 e. The van der Waals surface area contributed by atoms with Gasteiger partial charge in [-0.2, -0.15) is 0 Å². The molecule has 0 aliphatic rings. The summed E-state index contributed by atoms with van der Waals surface area (Å²) in [6, 6.07) is 0. The number of rotatable bonds is 5. The molecule has 0 aromatic rings. The molecular weight excluding hydrogens is 182 g/mol. The summed E-state index contributed by atoms with van der Waals surface area (Å²) >= 11 is 5.39. The molecular formula is C7H10ClNO3. The van der Waals surface area contributed by atoms with Crippen LogP contribution in [0.15, 0.2) is 11.6 Å². The lowest BCUT2D eigenvalue weighted by atomic mass is 10.3. The fourth-order valence-electron chi connectivity index (χ4n) is 0.512. The third kappa shape index (κ3) is 7.08. The Morgan fingerprint density at radius 1 is 1.42 bits per heavy atom. The topological polar surface area (TPSA) is 66.4 Å². The van der Waals surface area contributed by atoms with Gasteiger partial charge >= 0.3 is 5.97 Å². The van der Waals surface area contributed by atoms with Gasteiger partial charge in [-0.1, -0.05) is 18.2 Å². The zero-order chi connectivity index (χ0) is 9.56. The number of carboxylic acids is 1. The van der Waals surface area contributed by atoms with Gasteiger partial charge in [-0.05, 0) is 6.42 Å². The number of allylic oxidation sites excluding steroid dienone is 1. The monoisotopic (exact) mass is 191 g/mol. The number of nitrogens with one attached hydrogen (secondary N) is 1. The second-order valence-corrected chi connectivity index (χ2v) is 2.72. The van der Waals surface area contributed by atoms with Crippen molar-refractivity contribution in [3.05, 3.63) is 11.6 Å². The molecule has 0 heterocycles. The van der Waals surface area contributed by atoms with E-state index in [9.17, 15) is 9.59 Å². The van der Waals surface area contributed by atoms with Gasteiger partial charge in [0.05, 0.1) is 0 Å². The summed E-state index contributed by atoms with van der Waals surface area (Å²) in [5, 5.41) is 10.8. The lowest BCUT2D eigenvalue weighted by molar-refractivity contribution is -0.137. The van der Waals surface area contributed by atoms with Crippen LogP contribution < -0.4 is 5.32 Å². The molecule has 12 heavy (non-hydrogen) atoms. The van der Waals surface area contributed by atoms with Crippen LogP contribution >= 0.6 is 11.6 Å². The lowest BCUT2D eigenvalue weighted by Gasteiger charge is -2.00. The van der Waals surface area contributed by atoms with Crippen molar-refractivity contribution in [3.63, 3.8) is 0 Å². The Labute approximate surface area is 75.2 Å². The van der Waals surface area contributed by atoms with Gasteiger partial charge in [0.25, 0.3) is 0 Å². The van der Waals surface area contributed by atoms with Gasteiger partial charge in [-0.3, -0.25) is 9.59 Å². The fraction of sp³-hybridized carbons (Fsp3) is 0.429. The summed E-state index contributed by atoms with van der Waals surface area (Å²) in [6.45, 7) is 3.04. The summed E-state index contributed by atoms with van der Waals surface area (Å²) in [5.74, 6) is -1.40. The third-order valence-corrected chi connectivity index (χ3v) is 1.25. The maximum atomic E-state index is 10.8. The van der Waals surface area contributed by atoms with Crippen molar-refractivity contribution < 1.29 is 14.7 Å². The molecule has 0 radical (unpaired) electrons. The highest BCUT2D eigenvalue weighted by molar-refractivity contribution is 6.29. The molecule has 0 aliphatic carbocycles. The summed E-state index contributed by atoms with van der Waals surface area (Å²) in [7, 11) is 0. The molecule has 0 rings (SSSR count). The van der Waals surface area contributed by atoms with E-state index in [0.29, 0.717) is 11.5 Å². The highest BCUT2D eigenvalue weighted by Crippen LogP contribution is 2.05. The van der Waals surface area contributed by atoms with Crippen molar-refractivity contribution in [3.8, 4) is 0 Å². The number of carbonyl (C=O) groups excluding carboxylic acids is 1. The van der Waals surface area contributed by atoms with E-state index in [4.69, 9.17) is 16.7 Å². The van der Waals surface area contributed by atoms with E-state index in [2.05, 4.69) is 11.9 Å². The first kappa shape index (κ1) is 11.0. The van der Waals surface area contributed by atoms with Crippen molar-refractivity contribution in [1.29, 1.82) is 0 Å². The third-order valence-electron chi connectivity index (χ3n) is 1.06. The zero-order valence-electron chi connectivity index (χ0n) is 6.47. The minimum atomic E-state index is -1.06. The molecule has 0 unspecified atom stereocenters. The summed E-state index contributed by atoms with van der Waals surface area (Å²) in [6.07, 6.45) is 0.544. The van der Waals surface area contributed by atoms with Crippen LogP contribution in [-0.4, -0.2) is 23.5 Å². The Kier molecular flexibility index (Phi) is 5.12. The quantitative estimate of drug-likeness (QED) is 0.673. The van der Waals surface area contributed by atoms with Crippen LogP contribution in [0, 0.1) is 0 Å². The van der Waals surface area contributed by atoms with Gasteiger partial charge in [-0.15, -0.1) is 0 Å². The Bertz CT molecular complexity index is 183. The summed E-state index contributed by atoms with van der Waals surface area (Å²) in [5.41, 5.74) is 0. The standard InChI is InChI=1S/C7H10ClNO3/c1-5(8)2-3-6(10)9-4-7(11)12/h1-4H2,(H,9,10)(H,11,12). The Hall–Kier alpha value is -1.03. The molecule has 0 spiro atoms. The molecule has 0 saturated carbocycles. The molecule has 1 amide bonds. The molecule has 0 aromatic heterocycles. The van der Waals surface area contributed by atoms with Crippen LogP contribution in [0.1, 0.15) is 12.8 Å². The van der Waals surface area contributed by atoms with Crippen LogP contribution in [0.4, 0.5) is 0 Å². The van der Waals surface area contributed by atoms with Crippen LogP contribution in [-0.2, 0) is 9.59 Å². The second kappa shape index (κ2) is 5.60. The number of halogens is 1. The molecule has 0 saturated heterocycles. The van der Waals surface area contributed by atoms with E-state index in [1.165, 1.54) is 0 Å². The van der Waals surface area contributed by atoms with Crippen molar-refractivity contribution in [2.45, 2.75) is 12.8 Å². The normalized spacial score (nSPS) is 9.08. The van der Waals surface area contributed by atoms with Crippen LogP contribution in [0.5, 0.6) is 0 Å². The molecule has 68 valence electrons. The molecule has 2 N–H and O–H groups in total. The number of amides is 1. The van der Waals surface area contributed by atoms with Crippen LogP contribution in [0.25, 0.3) is 0 Å². The highest BCUT2D eigenvalue weighted by Gasteiger charge is 2.03. The summed E-state index contributed by atoms with van der Waals surface area (Å²) < 4.78 is 0. The van der Waals surface area contributed by atoms with E-state index >= 15 is 0 Å². The first-order valence-corrected chi connectivity index (χ1v) is 3.72. The van der Waals surface area contributed by atoms with Gasteiger partial charge in [-0.25, -0.2) is 0 Å². The number of hydrogen-bond donors (Lipinski definition) is 2. The van der Waals surface area contributed by atoms with Crippen molar-refractivity contribution in [2.75, 3.05) is 6.54 Å². The van der Waals surface area contributed by atoms with Crippen LogP contribution in [0.3, 0.4) is 0 Å². The largest absolute Gasteiger partial charge is 0.480 e. The minimum Gasteiger partial charge on any atom is -0.480 e. The Morgan fingerprint density at radius 2 is 2.00 bits per heavy atom. The molecule has 0 fully saturated rings. The Balaban J connectivity index is 3.47. The van der Waals surface area contributed by atoms with Gasteiger partial charge in [0.2, 0.25) is 5.91 Å².